The Morgan fingerprint density at radius 1 is 1.07 bits per heavy atom. The molecule has 0 saturated carbocycles. The smallest absolute Gasteiger partial charge is 0.227 e. The largest absolute Gasteiger partial charge is 0.497 e. The van der Waals surface area contributed by atoms with Gasteiger partial charge in [0, 0.05) is 30.1 Å². The van der Waals surface area contributed by atoms with Gasteiger partial charge in [0.15, 0.2) is 8.32 Å². The van der Waals surface area contributed by atoms with Crippen LogP contribution in [0.3, 0.4) is 0 Å². The number of hydrogen-bond donors (Lipinski definition) is 1. The Bertz CT molecular complexity index is 1580. The van der Waals surface area contributed by atoms with Crippen molar-refractivity contribution in [3.63, 3.8) is 0 Å². The highest BCUT2D eigenvalue weighted by Crippen LogP contribution is 2.43. The zero-order valence-corrected chi connectivity index (χ0v) is 29.8. The fraction of sp³-hybridized carbons (Fsp3) is 0.457. The number of nitrogens with zero attached hydrogens (tertiary/aromatic N) is 2. The Balaban J connectivity index is 1.41. The lowest BCUT2D eigenvalue weighted by molar-refractivity contribution is -0.119. The normalized spacial score (nSPS) is 20.5. The Morgan fingerprint density at radius 3 is 2.43 bits per heavy atom. The third-order valence-corrected chi connectivity index (χ3v) is 14.6. The van der Waals surface area contributed by atoms with Gasteiger partial charge in [-0.05, 0) is 79.0 Å². The van der Waals surface area contributed by atoms with Crippen LogP contribution in [-0.4, -0.2) is 57.8 Å². The standard InChI is InChI=1S/C35H43Cl2FN2O5Si/c1-34(2,3)46(5,6)45-31-21-39(29-14-9-24(36)19-27(29)37)18-17-35(31,42)22-44-30-15-13-28(38)33-26(30)12-16-32(41)40(33)20-23-7-10-25(43-4)11-8-23/h7-11,13-15,19,31,42H,12,16-18,20-22H2,1-6H3. The number of fused-ring (bicyclic) bond motifs is 1. The molecule has 11 heteroatoms. The molecule has 0 aliphatic carbocycles. The van der Waals surface area contributed by atoms with Crippen molar-refractivity contribution >= 4 is 48.8 Å². The predicted octanol–water partition coefficient (Wildman–Crippen LogP) is 8.03. The van der Waals surface area contributed by atoms with Crippen LogP contribution in [0.4, 0.5) is 15.8 Å². The lowest BCUT2D eigenvalue weighted by Gasteiger charge is -2.49. The predicted molar refractivity (Wildman–Crippen MR) is 185 cm³/mol. The van der Waals surface area contributed by atoms with Crippen molar-refractivity contribution in [1.29, 1.82) is 0 Å². The molecule has 0 bridgehead atoms. The van der Waals surface area contributed by atoms with E-state index in [0.29, 0.717) is 53.0 Å². The Hall–Kier alpha value is -2.82. The summed E-state index contributed by atoms with van der Waals surface area (Å²) in [6.45, 7) is 11.9. The van der Waals surface area contributed by atoms with Gasteiger partial charge in [0.1, 0.15) is 29.5 Å². The van der Waals surface area contributed by atoms with Gasteiger partial charge in [0.25, 0.3) is 0 Å². The third-order valence-electron chi connectivity index (χ3n) is 9.62. The van der Waals surface area contributed by atoms with Crippen molar-refractivity contribution in [3.8, 4) is 11.5 Å². The van der Waals surface area contributed by atoms with Crippen molar-refractivity contribution < 1.29 is 28.2 Å². The number of benzene rings is 3. The minimum atomic E-state index is -2.33. The van der Waals surface area contributed by atoms with E-state index in [4.69, 9.17) is 37.1 Å². The average Bonchev–Trinajstić information content (AvgIpc) is 2.99. The highest BCUT2D eigenvalue weighted by atomic mass is 35.5. The Kier molecular flexibility index (Phi) is 10.0. The van der Waals surface area contributed by atoms with E-state index in [2.05, 4.69) is 38.8 Å². The van der Waals surface area contributed by atoms with E-state index in [0.717, 1.165) is 11.3 Å². The minimum absolute atomic E-state index is 0.0566. The summed E-state index contributed by atoms with van der Waals surface area (Å²) in [6, 6.07) is 15.7. The summed E-state index contributed by atoms with van der Waals surface area (Å²) >= 11 is 12.8. The molecule has 1 saturated heterocycles. The molecule has 7 nitrogen and oxygen atoms in total. The fourth-order valence-electron chi connectivity index (χ4n) is 5.78. The lowest BCUT2D eigenvalue weighted by atomic mass is 9.89. The Labute approximate surface area is 282 Å². The molecule has 46 heavy (non-hydrogen) atoms. The number of carbonyl (C=O) groups is 1. The van der Waals surface area contributed by atoms with Crippen LogP contribution < -0.4 is 19.3 Å². The molecule has 1 fully saturated rings. The van der Waals surface area contributed by atoms with Crippen molar-refractivity contribution in [1.82, 2.24) is 0 Å². The molecule has 1 N–H and O–H groups in total. The van der Waals surface area contributed by atoms with Gasteiger partial charge in [-0.25, -0.2) is 4.39 Å². The van der Waals surface area contributed by atoms with Gasteiger partial charge in [0.05, 0.1) is 36.2 Å². The average molecular weight is 690 g/mol. The first-order chi connectivity index (χ1) is 21.6. The molecule has 3 aromatic carbocycles. The SMILES string of the molecule is COc1ccc(CN2C(=O)CCc3c(OCC4(O)CCN(c5ccc(Cl)cc5Cl)CC4O[Si](C)(C)C(C)(C)C)ccc(F)c32)cc1. The zero-order valence-electron chi connectivity index (χ0n) is 27.3. The summed E-state index contributed by atoms with van der Waals surface area (Å²) < 4.78 is 33.9. The molecule has 1 amide bonds. The van der Waals surface area contributed by atoms with Gasteiger partial charge in [-0.3, -0.25) is 4.79 Å². The number of methoxy groups -OCH3 is 1. The maximum atomic E-state index is 15.4. The fourth-order valence-corrected chi connectivity index (χ4v) is 7.67. The molecule has 2 heterocycles. The van der Waals surface area contributed by atoms with Gasteiger partial charge in [-0.1, -0.05) is 56.1 Å². The van der Waals surface area contributed by atoms with E-state index in [9.17, 15) is 9.90 Å². The van der Waals surface area contributed by atoms with E-state index >= 15 is 4.39 Å². The van der Waals surface area contributed by atoms with Gasteiger partial charge in [0.2, 0.25) is 5.91 Å². The highest BCUT2D eigenvalue weighted by molar-refractivity contribution is 6.74. The number of piperidine rings is 1. The van der Waals surface area contributed by atoms with Crippen molar-refractivity contribution in [2.75, 3.05) is 36.6 Å². The monoisotopic (exact) mass is 688 g/mol. The number of amides is 1. The van der Waals surface area contributed by atoms with Crippen LogP contribution in [0.1, 0.15) is 44.7 Å². The molecule has 5 rings (SSSR count). The van der Waals surface area contributed by atoms with E-state index < -0.39 is 25.8 Å². The number of ether oxygens (including phenoxy) is 2. The second kappa shape index (κ2) is 13.4. The first-order valence-electron chi connectivity index (χ1n) is 15.6. The summed E-state index contributed by atoms with van der Waals surface area (Å²) in [5, 5.41) is 13.2. The van der Waals surface area contributed by atoms with Crippen LogP contribution in [0.5, 0.6) is 11.5 Å². The van der Waals surface area contributed by atoms with E-state index in [1.807, 2.05) is 30.3 Å². The van der Waals surface area contributed by atoms with E-state index in [-0.39, 0.29) is 36.2 Å². The number of rotatable bonds is 9. The van der Waals surface area contributed by atoms with Gasteiger partial charge in [-0.2, -0.15) is 0 Å². The second-order valence-corrected chi connectivity index (χ2v) is 19.4. The van der Waals surface area contributed by atoms with Crippen LogP contribution in [0.2, 0.25) is 28.2 Å². The summed E-state index contributed by atoms with van der Waals surface area (Å²) in [5.74, 6) is 0.502. The Morgan fingerprint density at radius 2 is 1.78 bits per heavy atom. The van der Waals surface area contributed by atoms with Gasteiger partial charge >= 0.3 is 0 Å². The molecular weight excluding hydrogens is 646 g/mol. The molecule has 2 aliphatic rings. The summed E-state index contributed by atoms with van der Waals surface area (Å²) in [4.78, 5) is 16.7. The summed E-state index contributed by atoms with van der Waals surface area (Å²) in [7, 11) is -0.741. The van der Waals surface area contributed by atoms with E-state index in [1.54, 1.807) is 25.3 Å². The highest BCUT2D eigenvalue weighted by Gasteiger charge is 2.49. The van der Waals surface area contributed by atoms with Crippen molar-refractivity contribution in [2.24, 2.45) is 0 Å². The molecule has 0 radical (unpaired) electrons. The third kappa shape index (κ3) is 7.19. The number of aliphatic hydroxyl groups is 1. The first-order valence-corrected chi connectivity index (χ1v) is 19.3. The molecule has 3 aromatic rings. The van der Waals surface area contributed by atoms with E-state index in [1.165, 1.54) is 11.0 Å². The van der Waals surface area contributed by atoms with Crippen LogP contribution in [0, 0.1) is 5.82 Å². The number of halogens is 3. The van der Waals surface area contributed by atoms with Crippen LogP contribution in [0.25, 0.3) is 0 Å². The molecule has 2 unspecified atom stereocenters. The number of carbonyl (C=O) groups excluding carboxylic acids is 1. The van der Waals surface area contributed by atoms with Crippen LogP contribution in [-0.2, 0) is 22.2 Å². The zero-order chi connectivity index (χ0) is 33.4. The summed E-state index contributed by atoms with van der Waals surface area (Å²) in [5.41, 5.74) is 1.17. The van der Waals surface area contributed by atoms with Crippen LogP contribution in [0.15, 0.2) is 54.6 Å². The number of hydrogen-bond acceptors (Lipinski definition) is 6. The maximum absolute atomic E-state index is 15.4. The lowest BCUT2D eigenvalue weighted by Crippen LogP contribution is -2.63. The first kappa shape index (κ1) is 34.5. The summed E-state index contributed by atoms with van der Waals surface area (Å²) in [6.07, 6.45) is 0.335. The second-order valence-electron chi connectivity index (χ2n) is 13.8. The maximum Gasteiger partial charge on any atom is 0.227 e. The minimum Gasteiger partial charge on any atom is -0.497 e. The van der Waals surface area contributed by atoms with Crippen LogP contribution >= 0.6 is 23.2 Å². The molecule has 0 aromatic heterocycles. The molecule has 2 atom stereocenters. The van der Waals surface area contributed by atoms with Crippen molar-refractivity contribution in [3.05, 3.63) is 81.6 Å². The van der Waals surface area contributed by atoms with Gasteiger partial charge < -0.3 is 28.8 Å². The molecule has 2 aliphatic heterocycles. The number of anilines is 2. The molecule has 248 valence electrons. The topological polar surface area (TPSA) is 71.5 Å². The van der Waals surface area contributed by atoms with Gasteiger partial charge in [-0.15, -0.1) is 0 Å². The molecular formula is C35H43Cl2FN2O5Si. The van der Waals surface area contributed by atoms with Crippen molar-refractivity contribution in [2.45, 2.75) is 76.4 Å². The molecule has 0 spiro atoms. The quantitative estimate of drug-likeness (QED) is 0.230.